The summed E-state index contributed by atoms with van der Waals surface area (Å²) < 4.78 is 10.4. The minimum atomic E-state index is -1.12. The summed E-state index contributed by atoms with van der Waals surface area (Å²) in [6.45, 7) is 2.03. The summed E-state index contributed by atoms with van der Waals surface area (Å²) in [5.41, 5.74) is 1.19. The Bertz CT molecular complexity index is 439. The highest BCUT2D eigenvalue weighted by atomic mass is 16.6. The van der Waals surface area contributed by atoms with Gasteiger partial charge in [0, 0.05) is 4.92 Å². The Morgan fingerprint density at radius 1 is 1.65 bits per heavy atom. The molecule has 1 aromatic carbocycles. The van der Waals surface area contributed by atoms with Gasteiger partial charge < -0.3 is 14.4 Å². The summed E-state index contributed by atoms with van der Waals surface area (Å²) in [7, 11) is -1.12. The van der Waals surface area contributed by atoms with Crippen molar-refractivity contribution in [3.8, 4) is 5.75 Å². The minimum Gasteiger partial charge on any atom is -0.494 e. The molecule has 1 aliphatic rings. The second-order valence-corrected chi connectivity index (χ2v) is 3.72. The van der Waals surface area contributed by atoms with Gasteiger partial charge in [-0.05, 0) is 30.1 Å². The van der Waals surface area contributed by atoms with Crippen LogP contribution in [0.5, 0.6) is 5.75 Å². The number of ether oxygens (including phenoxy) is 1. The van der Waals surface area contributed by atoms with Crippen molar-refractivity contribution in [3.63, 3.8) is 0 Å². The molecule has 0 bridgehead atoms. The zero-order valence-electron chi connectivity index (χ0n) is 9.33. The number of hydrogen-bond donors (Lipinski definition) is 1. The lowest BCUT2D eigenvalue weighted by atomic mass is 9.79. The fourth-order valence-electron chi connectivity index (χ4n) is 1.90. The van der Waals surface area contributed by atoms with E-state index in [9.17, 15) is 15.1 Å². The smallest absolute Gasteiger partial charge is 0.492 e. The molecule has 2 rings (SSSR count). The summed E-state index contributed by atoms with van der Waals surface area (Å²) in [5.74, 6) is 0.621. The lowest BCUT2D eigenvalue weighted by Gasteiger charge is -2.07. The molecule has 0 aliphatic carbocycles. The van der Waals surface area contributed by atoms with Gasteiger partial charge in [-0.1, -0.05) is 6.07 Å². The number of fused-ring (bicyclic) bond motifs is 1. The van der Waals surface area contributed by atoms with Crippen LogP contribution < -0.4 is 10.2 Å². The number of hydrogen-bond acceptors (Lipinski definition) is 5. The van der Waals surface area contributed by atoms with Crippen LogP contribution in [0.15, 0.2) is 18.2 Å². The van der Waals surface area contributed by atoms with Crippen molar-refractivity contribution in [2.24, 2.45) is 0 Å². The van der Waals surface area contributed by atoms with Gasteiger partial charge >= 0.3 is 7.12 Å². The molecule has 6 nitrogen and oxygen atoms in total. The maximum Gasteiger partial charge on any atom is 0.492 e. The molecular weight excluding hydrogens is 225 g/mol. The molecule has 0 radical (unpaired) electrons. The molecule has 1 aliphatic heterocycles. The molecule has 1 heterocycles. The van der Waals surface area contributed by atoms with Crippen LogP contribution in [0, 0.1) is 10.1 Å². The van der Waals surface area contributed by atoms with Crippen LogP contribution >= 0.6 is 0 Å². The Balaban J connectivity index is 2.27. The molecule has 0 aromatic heterocycles. The van der Waals surface area contributed by atoms with Crippen molar-refractivity contribution in [2.75, 3.05) is 13.2 Å². The highest BCUT2D eigenvalue weighted by Crippen LogP contribution is 2.25. The van der Waals surface area contributed by atoms with Gasteiger partial charge in [0.15, 0.2) is 0 Å². The van der Waals surface area contributed by atoms with E-state index in [1.54, 1.807) is 18.2 Å². The second kappa shape index (κ2) is 4.73. The molecule has 0 fully saturated rings. The lowest BCUT2D eigenvalue weighted by Crippen LogP contribution is -2.28. The van der Waals surface area contributed by atoms with Crippen molar-refractivity contribution in [1.29, 1.82) is 0 Å². The van der Waals surface area contributed by atoms with Crippen molar-refractivity contribution < 1.29 is 19.3 Å². The fourth-order valence-corrected chi connectivity index (χ4v) is 1.90. The molecule has 1 atom stereocenters. The first-order chi connectivity index (χ1) is 8.11. The molecular formula is C10H12BNO5. The second-order valence-electron chi connectivity index (χ2n) is 3.72. The molecule has 1 unspecified atom stereocenters. The van der Waals surface area contributed by atoms with E-state index >= 15 is 0 Å². The van der Waals surface area contributed by atoms with E-state index in [2.05, 4.69) is 0 Å². The monoisotopic (exact) mass is 237 g/mol. The molecule has 7 heteroatoms. The van der Waals surface area contributed by atoms with Gasteiger partial charge in [0.05, 0.1) is 6.61 Å². The molecule has 17 heavy (non-hydrogen) atoms. The standard InChI is InChI=1S/C10H12BNO5/c1-2-16-7-3-4-8-9(5-7)11(13)17-10(8)6-12(14)15/h3-5,10,13H,2,6H2,1H3. The van der Waals surface area contributed by atoms with Gasteiger partial charge in [-0.3, -0.25) is 10.1 Å². The number of nitrogens with zero attached hydrogens (tertiary/aromatic N) is 1. The first-order valence-corrected chi connectivity index (χ1v) is 5.33. The van der Waals surface area contributed by atoms with E-state index in [0.717, 1.165) is 0 Å². The summed E-state index contributed by atoms with van der Waals surface area (Å²) >= 11 is 0. The van der Waals surface area contributed by atoms with Crippen LogP contribution in [0.3, 0.4) is 0 Å². The van der Waals surface area contributed by atoms with E-state index in [-0.39, 0.29) is 6.54 Å². The van der Waals surface area contributed by atoms with Gasteiger partial charge in [0.25, 0.3) is 0 Å². The molecule has 90 valence electrons. The number of benzene rings is 1. The summed E-state index contributed by atoms with van der Waals surface area (Å²) in [5, 5.41) is 20.1. The maximum absolute atomic E-state index is 10.5. The first-order valence-electron chi connectivity index (χ1n) is 5.33. The minimum absolute atomic E-state index is 0.349. The van der Waals surface area contributed by atoms with Gasteiger partial charge in [-0.15, -0.1) is 0 Å². The fraction of sp³-hybridized carbons (Fsp3) is 0.400. The van der Waals surface area contributed by atoms with E-state index in [0.29, 0.717) is 23.4 Å². The average molecular weight is 237 g/mol. The van der Waals surface area contributed by atoms with E-state index in [1.807, 2.05) is 6.92 Å². The Kier molecular flexibility index (Phi) is 3.30. The molecule has 0 spiro atoms. The Morgan fingerprint density at radius 2 is 2.41 bits per heavy atom. The Morgan fingerprint density at radius 3 is 3.06 bits per heavy atom. The number of rotatable bonds is 4. The highest BCUT2D eigenvalue weighted by molar-refractivity contribution is 6.61. The quantitative estimate of drug-likeness (QED) is 0.457. The Labute approximate surface area is 98.5 Å². The SMILES string of the molecule is CCOc1ccc2c(c1)B(O)OC2C[N+](=O)[O-]. The van der Waals surface area contributed by atoms with Crippen LogP contribution in [0.1, 0.15) is 18.6 Å². The summed E-state index contributed by atoms with van der Waals surface area (Å²) in [6, 6.07) is 5.07. The molecule has 1 aromatic rings. The predicted octanol–water partition coefficient (Wildman–Crippen LogP) is 0.121. The average Bonchev–Trinajstić information content (AvgIpc) is 2.55. The van der Waals surface area contributed by atoms with Crippen molar-refractivity contribution in [2.45, 2.75) is 13.0 Å². The van der Waals surface area contributed by atoms with Crippen molar-refractivity contribution in [3.05, 3.63) is 33.9 Å². The van der Waals surface area contributed by atoms with Crippen molar-refractivity contribution >= 4 is 12.6 Å². The summed E-state index contributed by atoms with van der Waals surface area (Å²) in [4.78, 5) is 10.0. The van der Waals surface area contributed by atoms with Crippen LogP contribution in [0.2, 0.25) is 0 Å². The largest absolute Gasteiger partial charge is 0.494 e. The van der Waals surface area contributed by atoms with E-state index in [4.69, 9.17) is 9.39 Å². The van der Waals surface area contributed by atoms with Crippen LogP contribution in [-0.4, -0.2) is 30.2 Å². The predicted molar refractivity (Wildman–Crippen MR) is 60.9 cm³/mol. The van der Waals surface area contributed by atoms with Gasteiger partial charge in [0.1, 0.15) is 11.9 Å². The van der Waals surface area contributed by atoms with Gasteiger partial charge in [-0.2, -0.15) is 0 Å². The molecule has 1 N–H and O–H groups in total. The van der Waals surface area contributed by atoms with Crippen LogP contribution in [-0.2, 0) is 4.65 Å². The zero-order chi connectivity index (χ0) is 12.4. The topological polar surface area (TPSA) is 81.8 Å². The van der Waals surface area contributed by atoms with Crippen LogP contribution in [0.25, 0.3) is 0 Å². The third-order valence-corrected chi connectivity index (χ3v) is 2.59. The summed E-state index contributed by atoms with van der Waals surface area (Å²) in [6.07, 6.45) is -0.689. The normalized spacial score (nSPS) is 18.0. The molecule has 0 amide bonds. The Hall–Kier alpha value is -1.60. The van der Waals surface area contributed by atoms with Gasteiger partial charge in [-0.25, -0.2) is 0 Å². The van der Waals surface area contributed by atoms with E-state index < -0.39 is 18.1 Å². The lowest BCUT2D eigenvalue weighted by molar-refractivity contribution is -0.490. The third-order valence-electron chi connectivity index (χ3n) is 2.59. The molecule has 0 saturated heterocycles. The van der Waals surface area contributed by atoms with Crippen molar-refractivity contribution in [1.82, 2.24) is 0 Å². The first kappa shape index (κ1) is 11.9. The number of nitro groups is 1. The molecule has 0 saturated carbocycles. The zero-order valence-corrected chi connectivity index (χ0v) is 9.33. The highest BCUT2D eigenvalue weighted by Gasteiger charge is 2.37. The van der Waals surface area contributed by atoms with Crippen LogP contribution in [0.4, 0.5) is 0 Å². The maximum atomic E-state index is 10.5. The third kappa shape index (κ3) is 2.40. The van der Waals surface area contributed by atoms with Gasteiger partial charge in [0.2, 0.25) is 6.54 Å². The van der Waals surface area contributed by atoms with E-state index in [1.165, 1.54) is 0 Å².